The van der Waals surface area contributed by atoms with Crippen molar-refractivity contribution in [3.05, 3.63) is 0 Å². The fourth-order valence-corrected chi connectivity index (χ4v) is 0.930. The van der Waals surface area contributed by atoms with Gasteiger partial charge >= 0.3 is 5.97 Å². The summed E-state index contributed by atoms with van der Waals surface area (Å²) in [5.41, 5.74) is 0. The quantitative estimate of drug-likeness (QED) is 0.566. The normalized spacial score (nSPS) is 20.5. The zero-order chi connectivity index (χ0) is 8.27. The van der Waals surface area contributed by atoms with Gasteiger partial charge in [0.25, 0.3) is 0 Å². The molecule has 4 heteroatoms. The topological polar surface area (TPSA) is 47.6 Å². The van der Waals surface area contributed by atoms with E-state index in [4.69, 9.17) is 4.74 Å². The molecule has 0 unspecified atom stereocenters. The predicted octanol–water partition coefficient (Wildman–Crippen LogP) is -0.464. The van der Waals surface area contributed by atoms with Gasteiger partial charge in [-0.25, -0.2) is 0 Å². The molecule has 0 aromatic carbocycles. The molecule has 0 saturated carbocycles. The van der Waals surface area contributed by atoms with E-state index < -0.39 is 0 Å². The first-order chi connectivity index (χ1) is 5.24. The molecule has 0 amide bonds. The van der Waals surface area contributed by atoms with Crippen molar-refractivity contribution < 1.29 is 14.3 Å². The van der Waals surface area contributed by atoms with Crippen molar-refractivity contribution in [3.63, 3.8) is 0 Å². The average Bonchev–Trinajstić information content (AvgIpc) is 1.94. The zero-order valence-corrected chi connectivity index (χ0v) is 6.79. The average molecular weight is 159 g/mol. The van der Waals surface area contributed by atoms with E-state index in [-0.39, 0.29) is 12.0 Å². The van der Waals surface area contributed by atoms with Crippen molar-refractivity contribution in [3.8, 4) is 0 Å². The highest BCUT2D eigenvalue weighted by Gasteiger charge is 2.23. The number of carbonyl (C=O) groups is 1. The smallest absolute Gasteiger partial charge is 0.322 e. The first kappa shape index (κ1) is 8.49. The highest BCUT2D eigenvalue weighted by molar-refractivity contribution is 5.75. The molecule has 0 bridgehead atoms. The van der Waals surface area contributed by atoms with E-state index in [0.717, 1.165) is 0 Å². The van der Waals surface area contributed by atoms with Crippen LogP contribution >= 0.6 is 0 Å². The molecule has 1 aliphatic rings. The lowest BCUT2D eigenvalue weighted by molar-refractivity contribution is -0.143. The van der Waals surface area contributed by atoms with Crippen molar-refractivity contribution >= 4 is 5.97 Å². The maximum absolute atomic E-state index is 10.9. The van der Waals surface area contributed by atoms with Crippen molar-refractivity contribution in [2.45, 2.75) is 19.0 Å². The second-order valence-electron chi connectivity index (χ2n) is 2.65. The minimum absolute atomic E-state index is 0.225. The second kappa shape index (κ2) is 3.69. The van der Waals surface area contributed by atoms with Gasteiger partial charge in [0, 0.05) is 0 Å². The van der Waals surface area contributed by atoms with Crippen LogP contribution in [0.15, 0.2) is 0 Å². The van der Waals surface area contributed by atoms with Gasteiger partial charge < -0.3 is 9.47 Å². The molecule has 1 rings (SSSR count). The third-order valence-corrected chi connectivity index (χ3v) is 1.68. The van der Waals surface area contributed by atoms with Gasteiger partial charge in [-0.3, -0.25) is 10.1 Å². The molecule has 0 aromatic rings. The Morgan fingerprint density at radius 3 is 2.73 bits per heavy atom. The summed E-state index contributed by atoms with van der Waals surface area (Å²) in [6, 6.07) is 0.0954. The van der Waals surface area contributed by atoms with Crippen molar-refractivity contribution in [1.29, 1.82) is 0 Å². The number of esters is 1. The summed E-state index contributed by atoms with van der Waals surface area (Å²) in [5, 5.41) is 3.07. The number of carbonyl (C=O) groups excluding carboxylic acids is 1. The molecule has 64 valence electrons. The van der Waals surface area contributed by atoms with Crippen LogP contribution in [0.2, 0.25) is 0 Å². The first-order valence-corrected chi connectivity index (χ1v) is 3.65. The SMILES string of the molecule is COC(=O)[C@@H](C)NC1COC1. The molecule has 1 fully saturated rings. The number of methoxy groups -OCH3 is 1. The number of hydrogen-bond acceptors (Lipinski definition) is 4. The fraction of sp³-hybridized carbons (Fsp3) is 0.857. The number of ether oxygens (including phenoxy) is 2. The van der Waals surface area contributed by atoms with Crippen LogP contribution in [0.4, 0.5) is 0 Å². The van der Waals surface area contributed by atoms with Crippen LogP contribution in [0.5, 0.6) is 0 Å². The van der Waals surface area contributed by atoms with Gasteiger partial charge in [-0.2, -0.15) is 0 Å². The Morgan fingerprint density at radius 1 is 1.73 bits per heavy atom. The van der Waals surface area contributed by atoms with Crippen LogP contribution in [-0.2, 0) is 14.3 Å². The van der Waals surface area contributed by atoms with Crippen molar-refractivity contribution in [1.82, 2.24) is 5.32 Å². The Morgan fingerprint density at radius 2 is 2.36 bits per heavy atom. The molecule has 0 aromatic heterocycles. The van der Waals surface area contributed by atoms with Gasteiger partial charge in [-0.1, -0.05) is 0 Å². The molecule has 1 saturated heterocycles. The first-order valence-electron chi connectivity index (χ1n) is 3.65. The highest BCUT2D eigenvalue weighted by Crippen LogP contribution is 2.01. The maximum Gasteiger partial charge on any atom is 0.322 e. The van der Waals surface area contributed by atoms with Crippen LogP contribution in [0.1, 0.15) is 6.92 Å². The van der Waals surface area contributed by atoms with E-state index in [2.05, 4.69) is 10.1 Å². The number of nitrogens with one attached hydrogen (secondary N) is 1. The number of rotatable bonds is 3. The zero-order valence-electron chi connectivity index (χ0n) is 6.79. The summed E-state index contributed by atoms with van der Waals surface area (Å²) in [4.78, 5) is 10.9. The van der Waals surface area contributed by atoms with E-state index >= 15 is 0 Å². The van der Waals surface area contributed by atoms with Crippen LogP contribution in [0.25, 0.3) is 0 Å². The van der Waals surface area contributed by atoms with Crippen LogP contribution in [0.3, 0.4) is 0 Å². The molecular formula is C7H13NO3. The molecule has 4 nitrogen and oxygen atoms in total. The summed E-state index contributed by atoms with van der Waals surface area (Å²) < 4.78 is 9.47. The molecule has 1 aliphatic heterocycles. The molecule has 0 spiro atoms. The van der Waals surface area contributed by atoms with Gasteiger partial charge in [0.2, 0.25) is 0 Å². The minimum atomic E-state index is -0.228. The van der Waals surface area contributed by atoms with Crippen LogP contribution in [0, 0.1) is 0 Å². The molecule has 1 heterocycles. The van der Waals surface area contributed by atoms with E-state index in [9.17, 15) is 4.79 Å². The lowest BCUT2D eigenvalue weighted by Crippen LogP contribution is -2.52. The Balaban J connectivity index is 2.18. The Hall–Kier alpha value is -0.610. The molecule has 0 radical (unpaired) electrons. The summed E-state index contributed by atoms with van der Waals surface area (Å²) in [5.74, 6) is -0.225. The summed E-state index contributed by atoms with van der Waals surface area (Å²) in [7, 11) is 1.39. The Labute approximate surface area is 65.9 Å². The summed E-state index contributed by atoms with van der Waals surface area (Å²) in [6.45, 7) is 3.17. The molecular weight excluding hydrogens is 146 g/mol. The monoisotopic (exact) mass is 159 g/mol. The molecule has 0 aliphatic carbocycles. The van der Waals surface area contributed by atoms with Gasteiger partial charge in [0.15, 0.2) is 0 Å². The van der Waals surface area contributed by atoms with Crippen LogP contribution in [-0.4, -0.2) is 38.4 Å². The fourth-order valence-electron chi connectivity index (χ4n) is 0.930. The minimum Gasteiger partial charge on any atom is -0.468 e. The second-order valence-corrected chi connectivity index (χ2v) is 2.65. The standard InChI is InChI=1S/C7H13NO3/c1-5(7(9)10-2)8-6-3-11-4-6/h5-6,8H,3-4H2,1-2H3/t5-/m1/s1. The van der Waals surface area contributed by atoms with Crippen LogP contribution < -0.4 is 5.32 Å². The van der Waals surface area contributed by atoms with E-state index in [1.165, 1.54) is 7.11 Å². The highest BCUT2D eigenvalue weighted by atomic mass is 16.5. The summed E-state index contributed by atoms with van der Waals surface area (Å²) in [6.07, 6.45) is 0. The lowest BCUT2D eigenvalue weighted by Gasteiger charge is -2.29. The predicted molar refractivity (Wildman–Crippen MR) is 39.2 cm³/mol. The lowest BCUT2D eigenvalue weighted by atomic mass is 10.2. The molecule has 1 atom stereocenters. The Bertz CT molecular complexity index is 145. The third kappa shape index (κ3) is 2.17. The Kier molecular flexibility index (Phi) is 2.84. The van der Waals surface area contributed by atoms with Gasteiger partial charge in [0.1, 0.15) is 6.04 Å². The third-order valence-electron chi connectivity index (χ3n) is 1.68. The van der Waals surface area contributed by atoms with Gasteiger partial charge in [-0.15, -0.1) is 0 Å². The molecule has 1 N–H and O–H groups in total. The van der Waals surface area contributed by atoms with Crippen molar-refractivity contribution in [2.24, 2.45) is 0 Å². The van der Waals surface area contributed by atoms with E-state index in [0.29, 0.717) is 19.3 Å². The van der Waals surface area contributed by atoms with E-state index in [1.54, 1.807) is 6.92 Å². The van der Waals surface area contributed by atoms with E-state index in [1.807, 2.05) is 0 Å². The molecule has 11 heavy (non-hydrogen) atoms. The van der Waals surface area contributed by atoms with Gasteiger partial charge in [-0.05, 0) is 6.92 Å². The summed E-state index contributed by atoms with van der Waals surface area (Å²) >= 11 is 0. The largest absolute Gasteiger partial charge is 0.468 e. The van der Waals surface area contributed by atoms with Crippen molar-refractivity contribution in [2.75, 3.05) is 20.3 Å². The van der Waals surface area contributed by atoms with Gasteiger partial charge in [0.05, 0.1) is 26.4 Å². The maximum atomic E-state index is 10.9. The number of hydrogen-bond donors (Lipinski definition) is 1.